The molecule has 1 saturated heterocycles. The van der Waals surface area contributed by atoms with Crippen molar-refractivity contribution in [3.05, 3.63) is 23.8 Å². The van der Waals surface area contributed by atoms with Crippen molar-refractivity contribution in [3.63, 3.8) is 0 Å². The molecule has 3 heteroatoms. The van der Waals surface area contributed by atoms with Gasteiger partial charge in [-0.3, -0.25) is 0 Å². The Bertz CT molecular complexity index is 373. The van der Waals surface area contributed by atoms with Crippen LogP contribution in [0.1, 0.15) is 31.2 Å². The number of anilines is 1. The lowest BCUT2D eigenvalue weighted by atomic mass is 10.1. The van der Waals surface area contributed by atoms with Crippen molar-refractivity contribution in [3.8, 4) is 5.75 Å². The molecule has 1 aromatic carbocycles. The van der Waals surface area contributed by atoms with E-state index in [0.29, 0.717) is 6.10 Å². The Balaban J connectivity index is 1.71. The fourth-order valence-corrected chi connectivity index (χ4v) is 2.42. The predicted octanol–water partition coefficient (Wildman–Crippen LogP) is 3.37. The average molecular weight is 249 g/mol. The lowest BCUT2D eigenvalue weighted by Gasteiger charge is -2.11. The van der Waals surface area contributed by atoms with E-state index in [0.717, 1.165) is 25.3 Å². The van der Waals surface area contributed by atoms with Crippen molar-refractivity contribution in [1.29, 1.82) is 0 Å². The smallest absolute Gasteiger partial charge is 0.121 e. The summed E-state index contributed by atoms with van der Waals surface area (Å²) in [6.45, 7) is 4.03. The molecule has 1 atom stereocenters. The molecular weight excluding hydrogens is 226 g/mol. The topological polar surface area (TPSA) is 30.5 Å². The zero-order chi connectivity index (χ0) is 12.8. The Morgan fingerprint density at radius 2 is 2.33 bits per heavy atom. The Morgan fingerprint density at radius 1 is 1.44 bits per heavy atom. The summed E-state index contributed by atoms with van der Waals surface area (Å²) in [4.78, 5) is 0. The van der Waals surface area contributed by atoms with E-state index in [1.54, 1.807) is 7.11 Å². The van der Waals surface area contributed by atoms with Crippen LogP contribution in [0, 0.1) is 6.92 Å². The molecule has 0 spiro atoms. The van der Waals surface area contributed by atoms with Gasteiger partial charge in [0.25, 0.3) is 0 Å². The van der Waals surface area contributed by atoms with Gasteiger partial charge in [0.1, 0.15) is 5.75 Å². The normalized spacial score (nSPS) is 18.9. The molecule has 0 bridgehead atoms. The molecule has 1 N–H and O–H groups in total. The van der Waals surface area contributed by atoms with Gasteiger partial charge < -0.3 is 14.8 Å². The first-order valence-electron chi connectivity index (χ1n) is 6.79. The number of ether oxygens (including phenoxy) is 2. The first kappa shape index (κ1) is 13.2. The van der Waals surface area contributed by atoms with Crippen LogP contribution < -0.4 is 10.1 Å². The van der Waals surface area contributed by atoms with Crippen LogP contribution in [0.25, 0.3) is 0 Å². The molecule has 1 aliphatic rings. The van der Waals surface area contributed by atoms with Crippen molar-refractivity contribution in [2.45, 2.75) is 38.7 Å². The van der Waals surface area contributed by atoms with E-state index < -0.39 is 0 Å². The molecule has 0 amide bonds. The first-order chi connectivity index (χ1) is 8.79. The largest absolute Gasteiger partial charge is 0.496 e. The van der Waals surface area contributed by atoms with Crippen LogP contribution in [0.3, 0.4) is 0 Å². The summed E-state index contributed by atoms with van der Waals surface area (Å²) in [5, 5.41) is 3.45. The van der Waals surface area contributed by atoms with Crippen LogP contribution >= 0.6 is 0 Å². The summed E-state index contributed by atoms with van der Waals surface area (Å²) in [5.41, 5.74) is 2.34. The van der Waals surface area contributed by atoms with Crippen LogP contribution in [0.15, 0.2) is 18.2 Å². The molecule has 1 fully saturated rings. The number of nitrogens with one attached hydrogen (secondary N) is 1. The highest BCUT2D eigenvalue weighted by Crippen LogP contribution is 2.21. The number of hydrogen-bond acceptors (Lipinski definition) is 3. The van der Waals surface area contributed by atoms with Crippen molar-refractivity contribution in [2.24, 2.45) is 0 Å². The number of rotatable bonds is 6. The van der Waals surface area contributed by atoms with Crippen LogP contribution in [-0.4, -0.2) is 26.4 Å². The van der Waals surface area contributed by atoms with Gasteiger partial charge in [0.15, 0.2) is 0 Å². The van der Waals surface area contributed by atoms with E-state index in [9.17, 15) is 0 Å². The molecule has 2 rings (SSSR count). The molecule has 0 radical (unpaired) electrons. The summed E-state index contributed by atoms with van der Waals surface area (Å²) < 4.78 is 10.9. The molecule has 1 heterocycles. The summed E-state index contributed by atoms with van der Waals surface area (Å²) in [6, 6.07) is 6.21. The Morgan fingerprint density at radius 3 is 3.00 bits per heavy atom. The van der Waals surface area contributed by atoms with Crippen molar-refractivity contribution in [2.75, 3.05) is 25.6 Å². The standard InChI is InChI=1S/C15H23NO2/c1-12-11-13(7-8-15(12)17-2)16-9-3-5-14-6-4-10-18-14/h7-8,11,14,16H,3-6,9-10H2,1-2H3. The summed E-state index contributed by atoms with van der Waals surface area (Å²) in [5.74, 6) is 0.944. The summed E-state index contributed by atoms with van der Waals surface area (Å²) in [7, 11) is 1.71. The minimum Gasteiger partial charge on any atom is -0.496 e. The minimum atomic E-state index is 0.504. The third-order valence-corrected chi connectivity index (χ3v) is 3.45. The third kappa shape index (κ3) is 3.64. The maximum absolute atomic E-state index is 5.61. The Hall–Kier alpha value is -1.22. The lowest BCUT2D eigenvalue weighted by molar-refractivity contribution is 0.103. The fraction of sp³-hybridized carbons (Fsp3) is 0.600. The maximum atomic E-state index is 5.61. The molecular formula is C15H23NO2. The van der Waals surface area contributed by atoms with E-state index in [4.69, 9.17) is 9.47 Å². The average Bonchev–Trinajstić information content (AvgIpc) is 2.88. The van der Waals surface area contributed by atoms with Crippen molar-refractivity contribution < 1.29 is 9.47 Å². The van der Waals surface area contributed by atoms with E-state index in [1.807, 2.05) is 6.07 Å². The van der Waals surface area contributed by atoms with Crippen molar-refractivity contribution in [1.82, 2.24) is 0 Å². The van der Waals surface area contributed by atoms with E-state index >= 15 is 0 Å². The van der Waals surface area contributed by atoms with Gasteiger partial charge >= 0.3 is 0 Å². The fourth-order valence-electron chi connectivity index (χ4n) is 2.42. The molecule has 1 unspecified atom stereocenters. The highest BCUT2D eigenvalue weighted by Gasteiger charge is 2.14. The van der Waals surface area contributed by atoms with Gasteiger partial charge in [0.2, 0.25) is 0 Å². The molecule has 0 saturated carbocycles. The van der Waals surface area contributed by atoms with Gasteiger partial charge in [-0.05, 0) is 56.4 Å². The first-order valence-corrected chi connectivity index (χ1v) is 6.79. The van der Waals surface area contributed by atoms with Gasteiger partial charge in [-0.15, -0.1) is 0 Å². The molecule has 1 aromatic rings. The van der Waals surface area contributed by atoms with Crippen molar-refractivity contribution >= 4 is 5.69 Å². The number of benzene rings is 1. The van der Waals surface area contributed by atoms with Gasteiger partial charge in [-0.25, -0.2) is 0 Å². The minimum absolute atomic E-state index is 0.504. The van der Waals surface area contributed by atoms with Crippen LogP contribution in [0.5, 0.6) is 5.75 Å². The second-order valence-corrected chi connectivity index (χ2v) is 4.89. The molecule has 0 aromatic heterocycles. The zero-order valence-electron chi connectivity index (χ0n) is 11.4. The molecule has 100 valence electrons. The molecule has 1 aliphatic heterocycles. The summed E-state index contributed by atoms with van der Waals surface area (Å²) in [6.07, 6.45) is 5.30. The van der Waals surface area contributed by atoms with Gasteiger partial charge in [0.05, 0.1) is 13.2 Å². The monoisotopic (exact) mass is 249 g/mol. The quantitative estimate of drug-likeness (QED) is 0.784. The number of hydrogen-bond donors (Lipinski definition) is 1. The van der Waals surface area contributed by atoms with Gasteiger partial charge in [0, 0.05) is 18.8 Å². The Kier molecular flexibility index (Phi) is 4.88. The predicted molar refractivity (Wildman–Crippen MR) is 74.4 cm³/mol. The maximum Gasteiger partial charge on any atom is 0.121 e. The van der Waals surface area contributed by atoms with Crippen LogP contribution in [-0.2, 0) is 4.74 Å². The second-order valence-electron chi connectivity index (χ2n) is 4.89. The number of aryl methyl sites for hydroxylation is 1. The van der Waals surface area contributed by atoms with E-state index in [2.05, 4.69) is 24.4 Å². The molecule has 18 heavy (non-hydrogen) atoms. The van der Waals surface area contributed by atoms with Crippen LogP contribution in [0.2, 0.25) is 0 Å². The zero-order valence-corrected chi connectivity index (χ0v) is 11.4. The van der Waals surface area contributed by atoms with Crippen LogP contribution in [0.4, 0.5) is 5.69 Å². The van der Waals surface area contributed by atoms with Gasteiger partial charge in [-0.2, -0.15) is 0 Å². The highest BCUT2D eigenvalue weighted by atomic mass is 16.5. The number of methoxy groups -OCH3 is 1. The molecule has 0 aliphatic carbocycles. The highest BCUT2D eigenvalue weighted by molar-refractivity contribution is 5.50. The van der Waals surface area contributed by atoms with E-state index in [-0.39, 0.29) is 0 Å². The SMILES string of the molecule is COc1ccc(NCCCC2CCCO2)cc1C. The van der Waals surface area contributed by atoms with Gasteiger partial charge in [-0.1, -0.05) is 0 Å². The lowest BCUT2D eigenvalue weighted by Crippen LogP contribution is -2.09. The second kappa shape index (κ2) is 6.64. The Labute approximate surface area is 109 Å². The third-order valence-electron chi connectivity index (χ3n) is 3.45. The van der Waals surface area contributed by atoms with E-state index in [1.165, 1.54) is 30.5 Å². The molecule has 3 nitrogen and oxygen atoms in total. The summed E-state index contributed by atoms with van der Waals surface area (Å²) >= 11 is 0.